The highest BCUT2D eigenvalue weighted by Crippen LogP contribution is 2.20. The molecule has 184 valence electrons. The number of ether oxygens (including phenoxy) is 1. The molecule has 1 fully saturated rings. The summed E-state index contributed by atoms with van der Waals surface area (Å²) in [5.74, 6) is 0.154. The van der Waals surface area contributed by atoms with Gasteiger partial charge in [0.05, 0.1) is 18.6 Å². The molecule has 3 aromatic rings. The number of hydrogen-bond acceptors (Lipinski definition) is 7. The first-order valence-electron chi connectivity index (χ1n) is 11.5. The third-order valence-electron chi connectivity index (χ3n) is 5.87. The summed E-state index contributed by atoms with van der Waals surface area (Å²) in [7, 11) is 1.55. The topological polar surface area (TPSA) is 92.0 Å². The first-order chi connectivity index (χ1) is 17.0. The highest BCUT2D eigenvalue weighted by atomic mass is 19.1. The Kier molecular flexibility index (Phi) is 8.04. The zero-order valence-corrected chi connectivity index (χ0v) is 19.6. The molecule has 0 unspecified atom stereocenters. The maximum absolute atomic E-state index is 13.2. The number of carbonyl (C=O) groups is 2. The number of benzene rings is 1. The van der Waals surface area contributed by atoms with Gasteiger partial charge in [-0.1, -0.05) is 0 Å². The molecule has 0 saturated carbocycles. The summed E-state index contributed by atoms with van der Waals surface area (Å²) in [4.78, 5) is 31.1. The van der Waals surface area contributed by atoms with Crippen LogP contribution < -0.4 is 4.90 Å². The number of hydrogen-bond donors (Lipinski definition) is 0. The van der Waals surface area contributed by atoms with Crippen molar-refractivity contribution in [2.75, 3.05) is 57.9 Å². The second kappa shape index (κ2) is 11.6. The van der Waals surface area contributed by atoms with Crippen LogP contribution in [0.3, 0.4) is 0 Å². The summed E-state index contributed by atoms with van der Waals surface area (Å²) in [5.41, 5.74) is 1.46. The minimum absolute atomic E-state index is 0.0466. The van der Waals surface area contributed by atoms with Gasteiger partial charge in [-0.15, -0.1) is 10.2 Å². The van der Waals surface area contributed by atoms with Crippen LogP contribution in [0.25, 0.3) is 11.3 Å². The van der Waals surface area contributed by atoms with Crippen molar-refractivity contribution in [1.82, 2.24) is 20.0 Å². The number of halogens is 1. The van der Waals surface area contributed by atoms with Crippen LogP contribution in [0.4, 0.5) is 10.2 Å². The Morgan fingerprint density at radius 2 is 1.89 bits per heavy atom. The van der Waals surface area contributed by atoms with E-state index in [0.717, 1.165) is 24.3 Å². The molecule has 0 atom stereocenters. The second-order valence-corrected chi connectivity index (χ2v) is 8.20. The number of furan rings is 1. The SMILES string of the molecule is COCCN(CC(=O)N1CCCN(c2ccc(-c3ccc(F)cc3)nn2)CC1)C(=O)c1ccco1. The number of rotatable bonds is 8. The van der Waals surface area contributed by atoms with Gasteiger partial charge in [0.2, 0.25) is 5.91 Å². The molecule has 4 rings (SSSR count). The Bertz CT molecular complexity index is 1110. The van der Waals surface area contributed by atoms with E-state index in [2.05, 4.69) is 15.1 Å². The van der Waals surface area contributed by atoms with Gasteiger partial charge in [0.25, 0.3) is 5.91 Å². The summed E-state index contributed by atoms with van der Waals surface area (Å²) in [6.07, 6.45) is 2.19. The average molecular weight is 482 g/mol. The van der Waals surface area contributed by atoms with Crippen molar-refractivity contribution in [3.05, 3.63) is 66.4 Å². The molecule has 35 heavy (non-hydrogen) atoms. The average Bonchev–Trinajstić information content (AvgIpc) is 3.31. The Balaban J connectivity index is 1.36. The van der Waals surface area contributed by atoms with E-state index in [0.29, 0.717) is 31.9 Å². The van der Waals surface area contributed by atoms with E-state index in [1.165, 1.54) is 23.3 Å². The lowest BCUT2D eigenvalue weighted by Crippen LogP contribution is -2.45. The predicted molar refractivity (Wildman–Crippen MR) is 127 cm³/mol. The van der Waals surface area contributed by atoms with Crippen LogP contribution in [0, 0.1) is 5.82 Å². The summed E-state index contributed by atoms with van der Waals surface area (Å²) < 4.78 is 23.5. The Morgan fingerprint density at radius 1 is 1.06 bits per heavy atom. The van der Waals surface area contributed by atoms with Gasteiger partial charge in [-0.2, -0.15) is 0 Å². The van der Waals surface area contributed by atoms with Gasteiger partial charge >= 0.3 is 0 Å². The van der Waals surface area contributed by atoms with Crippen LogP contribution in [0.15, 0.2) is 59.2 Å². The molecule has 0 N–H and O–H groups in total. The minimum atomic E-state index is -0.339. The Labute approximate surface area is 203 Å². The second-order valence-electron chi connectivity index (χ2n) is 8.20. The zero-order valence-electron chi connectivity index (χ0n) is 19.6. The molecular weight excluding hydrogens is 453 g/mol. The number of carbonyl (C=O) groups excluding carboxylic acids is 2. The molecule has 0 aliphatic carbocycles. The predicted octanol–water partition coefficient (Wildman–Crippen LogP) is 2.70. The van der Waals surface area contributed by atoms with E-state index in [4.69, 9.17) is 9.15 Å². The van der Waals surface area contributed by atoms with Crippen LogP contribution in [0.1, 0.15) is 17.0 Å². The van der Waals surface area contributed by atoms with E-state index in [1.54, 1.807) is 36.3 Å². The fourth-order valence-corrected chi connectivity index (χ4v) is 3.94. The van der Waals surface area contributed by atoms with E-state index in [-0.39, 0.29) is 36.5 Å². The van der Waals surface area contributed by atoms with Gasteiger partial charge in [0.1, 0.15) is 12.4 Å². The van der Waals surface area contributed by atoms with Crippen molar-refractivity contribution in [2.45, 2.75) is 6.42 Å². The molecule has 1 aliphatic rings. The molecule has 1 aliphatic heterocycles. The van der Waals surface area contributed by atoms with E-state index in [1.807, 2.05) is 12.1 Å². The molecule has 2 aromatic heterocycles. The third-order valence-corrected chi connectivity index (χ3v) is 5.87. The molecule has 0 spiro atoms. The normalized spacial score (nSPS) is 14.0. The van der Waals surface area contributed by atoms with Gasteiger partial charge in [-0.05, 0) is 55.0 Å². The minimum Gasteiger partial charge on any atom is -0.459 e. The third kappa shape index (κ3) is 6.21. The van der Waals surface area contributed by atoms with Crippen molar-refractivity contribution in [2.24, 2.45) is 0 Å². The van der Waals surface area contributed by atoms with Crippen molar-refractivity contribution >= 4 is 17.6 Å². The highest BCUT2D eigenvalue weighted by Gasteiger charge is 2.25. The van der Waals surface area contributed by atoms with Crippen LogP contribution in [-0.4, -0.2) is 84.8 Å². The Hall–Kier alpha value is -3.79. The lowest BCUT2D eigenvalue weighted by molar-refractivity contribution is -0.131. The number of anilines is 1. The molecule has 1 aromatic carbocycles. The van der Waals surface area contributed by atoms with E-state index < -0.39 is 0 Å². The fourth-order valence-electron chi connectivity index (χ4n) is 3.94. The van der Waals surface area contributed by atoms with Gasteiger partial charge in [-0.3, -0.25) is 9.59 Å². The van der Waals surface area contributed by atoms with E-state index in [9.17, 15) is 14.0 Å². The first kappa shape index (κ1) is 24.3. The monoisotopic (exact) mass is 481 g/mol. The molecule has 2 amide bonds. The maximum Gasteiger partial charge on any atom is 0.290 e. The molecule has 10 heteroatoms. The smallest absolute Gasteiger partial charge is 0.290 e. The Morgan fingerprint density at radius 3 is 2.57 bits per heavy atom. The molecule has 0 radical (unpaired) electrons. The van der Waals surface area contributed by atoms with Crippen LogP contribution in [0.2, 0.25) is 0 Å². The quantitative estimate of drug-likeness (QED) is 0.489. The lowest BCUT2D eigenvalue weighted by atomic mass is 10.1. The van der Waals surface area contributed by atoms with Crippen molar-refractivity contribution in [3.8, 4) is 11.3 Å². The standard InChI is InChI=1S/C25H28FN5O4/c1-34-17-15-31(25(33)22-4-2-16-35-22)18-24(32)30-12-3-11-29(13-14-30)23-10-9-21(27-28-23)19-5-7-20(26)8-6-19/h2,4-10,16H,3,11-15,17-18H2,1H3. The van der Waals surface area contributed by atoms with Crippen LogP contribution in [0.5, 0.6) is 0 Å². The molecule has 3 heterocycles. The van der Waals surface area contributed by atoms with Crippen molar-refractivity contribution in [1.29, 1.82) is 0 Å². The summed E-state index contributed by atoms with van der Waals surface area (Å²) >= 11 is 0. The van der Waals surface area contributed by atoms with Gasteiger partial charge in [-0.25, -0.2) is 4.39 Å². The molecule has 9 nitrogen and oxygen atoms in total. The maximum atomic E-state index is 13.2. The van der Waals surface area contributed by atoms with Crippen molar-refractivity contribution in [3.63, 3.8) is 0 Å². The fraction of sp³-hybridized carbons (Fsp3) is 0.360. The number of nitrogens with zero attached hydrogens (tertiary/aromatic N) is 5. The molecule has 0 bridgehead atoms. The molecule has 1 saturated heterocycles. The first-order valence-corrected chi connectivity index (χ1v) is 11.5. The summed E-state index contributed by atoms with van der Waals surface area (Å²) in [5, 5.41) is 8.64. The molecular formula is C25H28FN5O4. The van der Waals surface area contributed by atoms with Gasteiger partial charge < -0.3 is 23.9 Å². The number of amides is 2. The highest BCUT2D eigenvalue weighted by molar-refractivity contribution is 5.94. The largest absolute Gasteiger partial charge is 0.459 e. The lowest BCUT2D eigenvalue weighted by Gasteiger charge is -2.26. The zero-order chi connectivity index (χ0) is 24.6. The van der Waals surface area contributed by atoms with Crippen molar-refractivity contribution < 1.29 is 23.1 Å². The van der Waals surface area contributed by atoms with Crippen LogP contribution in [-0.2, 0) is 9.53 Å². The van der Waals surface area contributed by atoms with Gasteiger partial charge in [0.15, 0.2) is 11.6 Å². The summed E-state index contributed by atoms with van der Waals surface area (Å²) in [6.45, 7) is 2.98. The number of methoxy groups -OCH3 is 1. The van der Waals surface area contributed by atoms with E-state index >= 15 is 0 Å². The number of aromatic nitrogens is 2. The summed E-state index contributed by atoms with van der Waals surface area (Å²) in [6, 6.07) is 13.1. The van der Waals surface area contributed by atoms with Gasteiger partial charge in [0, 0.05) is 45.4 Å². The van der Waals surface area contributed by atoms with Crippen LogP contribution >= 0.6 is 0 Å².